The van der Waals surface area contributed by atoms with Gasteiger partial charge in [0.1, 0.15) is 10.1 Å². The molecule has 1 aromatic rings. The molecule has 18 heavy (non-hydrogen) atoms. The van der Waals surface area contributed by atoms with E-state index < -0.39 is 37.2 Å². The Bertz CT molecular complexity index is 537. The predicted octanol–water partition coefficient (Wildman–Crippen LogP) is -2.34. The molecule has 0 amide bonds. The number of nitrogens with zero attached hydrogens (tertiary/aromatic N) is 1. The van der Waals surface area contributed by atoms with Gasteiger partial charge >= 0.3 is 48.9 Å². The molecule has 2 N–H and O–H groups in total. The number of carbonyl (C=O) groups is 1. The zero-order chi connectivity index (χ0) is 12.5. The van der Waals surface area contributed by atoms with Crippen molar-refractivity contribution in [1.29, 1.82) is 0 Å². The normalized spacial score (nSPS) is 9.83. The number of hydrogen-bond donors (Lipinski definition) is 0. The Morgan fingerprint density at radius 2 is 1.72 bits per heavy atom. The van der Waals surface area contributed by atoms with Crippen molar-refractivity contribution in [2.45, 2.75) is 4.90 Å². The summed E-state index contributed by atoms with van der Waals surface area (Å²) < 4.78 is 31.8. The second-order valence-corrected chi connectivity index (χ2v) is 4.09. The van der Waals surface area contributed by atoms with Crippen molar-refractivity contribution in [3.8, 4) is 0 Å². The second kappa shape index (κ2) is 7.20. The van der Waals surface area contributed by atoms with Gasteiger partial charge in [0.2, 0.25) is 0 Å². The Kier molecular flexibility index (Phi) is 7.95. The fourth-order valence-electron chi connectivity index (χ4n) is 0.951. The van der Waals surface area contributed by atoms with E-state index in [4.69, 9.17) is 0 Å². The molecule has 0 saturated carbocycles. The van der Waals surface area contributed by atoms with Gasteiger partial charge in [-0.3, -0.25) is 10.1 Å². The predicted molar refractivity (Wildman–Crippen MR) is 54.8 cm³/mol. The van der Waals surface area contributed by atoms with E-state index in [2.05, 4.69) is 0 Å². The summed E-state index contributed by atoms with van der Waals surface area (Å²) in [4.78, 5) is 18.8. The van der Waals surface area contributed by atoms with E-state index in [1.165, 1.54) is 0 Å². The quantitative estimate of drug-likeness (QED) is 0.236. The van der Waals surface area contributed by atoms with Crippen LogP contribution in [0.15, 0.2) is 23.1 Å². The van der Waals surface area contributed by atoms with Crippen LogP contribution in [0.3, 0.4) is 0 Å². The van der Waals surface area contributed by atoms with E-state index in [1.54, 1.807) is 0 Å². The average molecular weight is 401 g/mol. The molecule has 0 fully saturated rings. The van der Waals surface area contributed by atoms with Gasteiger partial charge < -0.3 is 19.9 Å². The molecule has 0 unspecified atom stereocenters. The Balaban J connectivity index is 0. The van der Waals surface area contributed by atoms with Crippen LogP contribution in [0.4, 0.5) is 5.69 Å². The Morgan fingerprint density at radius 3 is 2.06 bits per heavy atom. The summed E-state index contributed by atoms with van der Waals surface area (Å²) in [7, 11) is -4.96. The van der Waals surface area contributed by atoms with E-state index in [0.29, 0.717) is 18.2 Å². The Hall–Kier alpha value is -0.469. The molecule has 0 spiro atoms. The fourth-order valence-corrected chi connectivity index (χ4v) is 1.49. The second-order valence-electron chi connectivity index (χ2n) is 2.71. The van der Waals surface area contributed by atoms with Gasteiger partial charge in [-0.2, -0.15) is 0 Å². The van der Waals surface area contributed by atoms with Gasteiger partial charge in [0.25, 0.3) is 5.69 Å². The molecule has 0 aromatic heterocycles. The van der Waals surface area contributed by atoms with Crippen LogP contribution in [0.1, 0.15) is 10.4 Å². The first-order chi connectivity index (χ1) is 7.21. The van der Waals surface area contributed by atoms with E-state index >= 15 is 0 Å². The first-order valence-corrected chi connectivity index (χ1v) is 5.09. The van der Waals surface area contributed by atoms with Gasteiger partial charge in [0.05, 0.1) is 15.8 Å². The van der Waals surface area contributed by atoms with Gasteiger partial charge in [-0.25, -0.2) is 8.42 Å². The third-order valence-corrected chi connectivity index (χ3v) is 2.44. The van der Waals surface area contributed by atoms with E-state index in [9.17, 15) is 33.0 Å². The monoisotopic (exact) mass is 401 g/mol. The van der Waals surface area contributed by atoms with Crippen molar-refractivity contribution in [3.63, 3.8) is 0 Å². The zero-order valence-corrected chi connectivity index (χ0v) is 13.9. The largest absolute Gasteiger partial charge is 2.00 e. The van der Waals surface area contributed by atoms with E-state index in [1.807, 2.05) is 0 Å². The summed E-state index contributed by atoms with van der Waals surface area (Å²) in [6.07, 6.45) is 0. The molecule has 0 aliphatic carbocycles. The van der Waals surface area contributed by atoms with Crippen LogP contribution >= 0.6 is 0 Å². The summed E-state index contributed by atoms with van der Waals surface area (Å²) in [6, 6.07) is 1.59. The standard InChI is InChI=1S/C7H5NO7S.Ba.H2O/c9-7(10)4-1-5(8(11)12)3-6(2-4)16(13,14)15;;/h1-3H,(H,9,10)(H,13,14,15);;1H2/q;+2;/p-2. The third-order valence-electron chi connectivity index (χ3n) is 1.63. The number of aromatic carboxylic acids is 1. The molecule has 0 aliphatic rings. The van der Waals surface area contributed by atoms with Crippen LogP contribution in [-0.2, 0) is 10.1 Å². The summed E-state index contributed by atoms with van der Waals surface area (Å²) in [5, 5.41) is 20.8. The van der Waals surface area contributed by atoms with Gasteiger partial charge in [0.15, 0.2) is 0 Å². The number of rotatable bonds is 3. The topological polar surface area (TPSA) is 172 Å². The minimum Gasteiger partial charge on any atom is -0.744 e. The molecular formula is C7H5BaNO8S. The van der Waals surface area contributed by atoms with Gasteiger partial charge in [-0.05, 0) is 6.07 Å². The fraction of sp³-hybridized carbons (Fsp3) is 0. The van der Waals surface area contributed by atoms with Crippen molar-refractivity contribution in [2.24, 2.45) is 0 Å². The van der Waals surface area contributed by atoms with Crippen molar-refractivity contribution in [1.82, 2.24) is 0 Å². The Morgan fingerprint density at radius 1 is 1.22 bits per heavy atom. The maximum Gasteiger partial charge on any atom is 2.00 e. The number of hydrogen-bond acceptors (Lipinski definition) is 7. The molecule has 1 rings (SSSR count). The summed E-state index contributed by atoms with van der Waals surface area (Å²) >= 11 is 0. The number of carboxylic acids is 1. The van der Waals surface area contributed by atoms with E-state index in [0.717, 1.165) is 0 Å². The van der Waals surface area contributed by atoms with E-state index in [-0.39, 0.29) is 54.4 Å². The van der Waals surface area contributed by atoms with Gasteiger partial charge in [-0.1, -0.05) is 0 Å². The molecule has 0 atom stereocenters. The van der Waals surface area contributed by atoms with Crippen LogP contribution in [0.2, 0.25) is 0 Å². The first kappa shape index (κ1) is 19.9. The molecule has 0 saturated heterocycles. The number of benzene rings is 1. The van der Waals surface area contributed by atoms with Crippen LogP contribution in [-0.4, -0.2) is 78.2 Å². The van der Waals surface area contributed by atoms with Crippen LogP contribution in [0.25, 0.3) is 0 Å². The first-order valence-electron chi connectivity index (χ1n) is 3.68. The maximum atomic E-state index is 10.6. The van der Waals surface area contributed by atoms with Crippen molar-refractivity contribution in [2.75, 3.05) is 0 Å². The van der Waals surface area contributed by atoms with Crippen LogP contribution in [0.5, 0.6) is 0 Å². The maximum absolute atomic E-state index is 10.6. The molecule has 11 heteroatoms. The molecule has 1 aromatic carbocycles. The van der Waals surface area contributed by atoms with Crippen molar-refractivity contribution in [3.05, 3.63) is 33.9 Å². The smallest absolute Gasteiger partial charge is 0.744 e. The van der Waals surface area contributed by atoms with Crippen molar-refractivity contribution >= 4 is 70.7 Å². The Labute approximate surface area is 141 Å². The molecular weight excluding hydrogens is 395 g/mol. The third kappa shape index (κ3) is 5.03. The summed E-state index contributed by atoms with van der Waals surface area (Å²) in [5.74, 6) is -1.81. The number of nitro groups is 1. The van der Waals surface area contributed by atoms with Gasteiger partial charge in [0, 0.05) is 17.7 Å². The molecule has 0 aliphatic heterocycles. The molecule has 9 nitrogen and oxygen atoms in total. The minimum atomic E-state index is -4.96. The number of non-ortho nitro benzene ring substituents is 1. The van der Waals surface area contributed by atoms with Gasteiger partial charge in [-0.15, -0.1) is 0 Å². The molecule has 94 valence electrons. The molecule has 0 bridgehead atoms. The minimum absolute atomic E-state index is 0. The zero-order valence-electron chi connectivity index (χ0n) is 8.65. The summed E-state index contributed by atoms with van der Waals surface area (Å²) in [5.41, 5.74) is -1.56. The average Bonchev–Trinajstić information content (AvgIpc) is 2.15. The SMILES string of the molecule is O.O=C([O-])c1cc([N+](=O)[O-])cc(S(=O)(=O)[O-])c1.[Ba+2]. The molecule has 0 radical (unpaired) electrons. The van der Waals surface area contributed by atoms with Crippen LogP contribution < -0.4 is 5.11 Å². The number of carbonyl (C=O) groups excluding carboxylic acids is 1. The molecule has 0 heterocycles. The summed E-state index contributed by atoms with van der Waals surface area (Å²) in [6.45, 7) is 0. The number of carboxylic acid groups (broad SMARTS) is 1. The number of nitro benzene ring substituents is 1. The van der Waals surface area contributed by atoms with Crippen molar-refractivity contribution < 1.29 is 33.3 Å². The van der Waals surface area contributed by atoms with Crippen LogP contribution in [0, 0.1) is 10.1 Å².